The van der Waals surface area contributed by atoms with Crippen molar-refractivity contribution in [2.75, 3.05) is 0 Å². The Morgan fingerprint density at radius 1 is 1.21 bits per heavy atom. The first kappa shape index (κ1) is 13.7. The molecule has 102 valence electrons. The number of benzene rings is 1. The highest BCUT2D eigenvalue weighted by atomic mass is 19.4. The number of alkyl halides is 3. The van der Waals surface area contributed by atoms with E-state index in [-0.39, 0.29) is 6.42 Å². The number of fused-ring (bicyclic) bond motifs is 1. The van der Waals surface area contributed by atoms with Gasteiger partial charge in [0.2, 0.25) is 0 Å². The van der Waals surface area contributed by atoms with Crippen LogP contribution in [0.1, 0.15) is 24.6 Å². The van der Waals surface area contributed by atoms with Crippen LogP contribution in [0.4, 0.5) is 13.2 Å². The molecule has 0 aliphatic carbocycles. The minimum absolute atomic E-state index is 0.174. The fourth-order valence-electron chi connectivity index (χ4n) is 1.76. The molecule has 0 spiro atoms. The van der Waals surface area contributed by atoms with Crippen molar-refractivity contribution in [3.63, 3.8) is 0 Å². The highest BCUT2D eigenvalue weighted by molar-refractivity contribution is 5.73. The summed E-state index contributed by atoms with van der Waals surface area (Å²) >= 11 is 0. The van der Waals surface area contributed by atoms with E-state index in [2.05, 4.69) is 15.4 Å². The van der Waals surface area contributed by atoms with Gasteiger partial charge in [-0.05, 0) is 18.6 Å². The molecule has 0 aliphatic rings. The van der Waals surface area contributed by atoms with Gasteiger partial charge in [0.05, 0.1) is 29.0 Å². The van der Waals surface area contributed by atoms with Crippen molar-refractivity contribution < 1.29 is 13.2 Å². The lowest BCUT2D eigenvalue weighted by molar-refractivity contribution is -0.136. The van der Waals surface area contributed by atoms with Crippen LogP contribution in [0.5, 0.6) is 0 Å². The fourth-order valence-corrected chi connectivity index (χ4v) is 1.76. The van der Waals surface area contributed by atoms with E-state index in [1.54, 1.807) is 18.2 Å². The second kappa shape index (κ2) is 5.50. The van der Waals surface area contributed by atoms with Gasteiger partial charge in [0.1, 0.15) is 0 Å². The van der Waals surface area contributed by atoms with E-state index in [9.17, 15) is 13.2 Å². The SMILES string of the molecule is NNC(CCC(F)(F)F)c1cnc2ccccc2n1. The summed E-state index contributed by atoms with van der Waals surface area (Å²) < 4.78 is 36.6. The van der Waals surface area contributed by atoms with Crippen LogP contribution in [0.15, 0.2) is 30.5 Å². The molecular formula is C12H13F3N4. The summed E-state index contributed by atoms with van der Waals surface area (Å²) in [5.41, 5.74) is 4.09. The molecule has 1 aromatic carbocycles. The molecule has 1 heterocycles. The molecule has 0 fully saturated rings. The average molecular weight is 270 g/mol. The Morgan fingerprint density at radius 2 is 1.89 bits per heavy atom. The van der Waals surface area contributed by atoms with E-state index in [0.717, 1.165) is 0 Å². The number of nitrogens with two attached hydrogens (primary N) is 1. The quantitative estimate of drug-likeness (QED) is 0.661. The molecule has 0 aliphatic heterocycles. The molecular weight excluding hydrogens is 257 g/mol. The maximum absolute atomic E-state index is 12.2. The Morgan fingerprint density at radius 3 is 2.53 bits per heavy atom. The molecule has 2 aromatic rings. The monoisotopic (exact) mass is 270 g/mol. The van der Waals surface area contributed by atoms with Gasteiger partial charge in [-0.2, -0.15) is 13.2 Å². The average Bonchev–Trinajstić information content (AvgIpc) is 2.38. The van der Waals surface area contributed by atoms with Crippen LogP contribution in [-0.2, 0) is 0 Å². The molecule has 19 heavy (non-hydrogen) atoms. The van der Waals surface area contributed by atoms with Gasteiger partial charge in [-0.15, -0.1) is 0 Å². The molecule has 0 amide bonds. The third kappa shape index (κ3) is 3.62. The van der Waals surface area contributed by atoms with Crippen molar-refractivity contribution in [1.29, 1.82) is 0 Å². The summed E-state index contributed by atoms with van der Waals surface area (Å²) in [5, 5.41) is 0. The van der Waals surface area contributed by atoms with Gasteiger partial charge in [0.25, 0.3) is 0 Å². The van der Waals surface area contributed by atoms with Gasteiger partial charge < -0.3 is 0 Å². The highest BCUT2D eigenvalue weighted by Gasteiger charge is 2.28. The maximum atomic E-state index is 12.2. The van der Waals surface area contributed by atoms with E-state index >= 15 is 0 Å². The highest BCUT2D eigenvalue weighted by Crippen LogP contribution is 2.26. The number of aromatic nitrogens is 2. The summed E-state index contributed by atoms with van der Waals surface area (Å²) in [7, 11) is 0. The number of nitrogens with zero attached hydrogens (tertiary/aromatic N) is 2. The third-order valence-electron chi connectivity index (χ3n) is 2.74. The Balaban J connectivity index is 2.20. The summed E-state index contributed by atoms with van der Waals surface area (Å²) in [6.45, 7) is 0. The Hall–Kier alpha value is -1.73. The zero-order chi connectivity index (χ0) is 13.9. The fraction of sp³-hybridized carbons (Fsp3) is 0.333. The first-order chi connectivity index (χ1) is 8.99. The van der Waals surface area contributed by atoms with E-state index in [4.69, 9.17) is 5.84 Å². The Labute approximate surface area is 107 Å². The van der Waals surface area contributed by atoms with Crippen molar-refractivity contribution in [2.24, 2.45) is 5.84 Å². The minimum Gasteiger partial charge on any atom is -0.271 e. The Kier molecular flexibility index (Phi) is 3.96. The molecule has 2 rings (SSSR count). The topological polar surface area (TPSA) is 63.8 Å². The van der Waals surface area contributed by atoms with Crippen LogP contribution < -0.4 is 11.3 Å². The summed E-state index contributed by atoms with van der Waals surface area (Å²) in [6.07, 6.45) is -3.86. The summed E-state index contributed by atoms with van der Waals surface area (Å²) in [4.78, 5) is 8.43. The second-order valence-electron chi connectivity index (χ2n) is 4.16. The summed E-state index contributed by atoms with van der Waals surface area (Å²) in [5.74, 6) is 5.29. The number of para-hydroxylation sites is 2. The van der Waals surface area contributed by atoms with Gasteiger partial charge >= 0.3 is 6.18 Å². The van der Waals surface area contributed by atoms with Crippen molar-refractivity contribution in [3.05, 3.63) is 36.2 Å². The number of nitrogens with one attached hydrogen (secondary N) is 1. The normalized spacial score (nSPS) is 13.7. The molecule has 0 saturated heterocycles. The van der Waals surface area contributed by atoms with Crippen molar-refractivity contribution in [3.8, 4) is 0 Å². The molecule has 1 unspecified atom stereocenters. The van der Waals surface area contributed by atoms with E-state index in [1.165, 1.54) is 6.20 Å². The zero-order valence-corrected chi connectivity index (χ0v) is 9.98. The predicted molar refractivity (Wildman–Crippen MR) is 64.9 cm³/mol. The lowest BCUT2D eigenvalue weighted by Crippen LogP contribution is -2.30. The lowest BCUT2D eigenvalue weighted by atomic mass is 10.1. The van der Waals surface area contributed by atoms with Gasteiger partial charge in [0.15, 0.2) is 0 Å². The number of hydrogen-bond donors (Lipinski definition) is 2. The molecule has 0 bridgehead atoms. The van der Waals surface area contributed by atoms with E-state index < -0.39 is 18.6 Å². The van der Waals surface area contributed by atoms with Gasteiger partial charge in [-0.1, -0.05) is 12.1 Å². The second-order valence-corrected chi connectivity index (χ2v) is 4.16. The standard InChI is InChI=1S/C12H13F3N4/c13-12(14,15)6-5-10(19-16)11-7-17-8-3-1-2-4-9(8)18-11/h1-4,7,10,19H,5-6,16H2. The van der Waals surface area contributed by atoms with Gasteiger partial charge in [-0.3, -0.25) is 16.3 Å². The van der Waals surface area contributed by atoms with E-state index in [1.807, 2.05) is 6.07 Å². The molecule has 3 N–H and O–H groups in total. The van der Waals surface area contributed by atoms with Crippen molar-refractivity contribution in [2.45, 2.75) is 25.1 Å². The molecule has 0 saturated carbocycles. The predicted octanol–water partition coefficient (Wildman–Crippen LogP) is 2.48. The van der Waals surface area contributed by atoms with E-state index in [0.29, 0.717) is 16.7 Å². The van der Waals surface area contributed by atoms with Crippen LogP contribution in [0.3, 0.4) is 0 Å². The number of hydrogen-bond acceptors (Lipinski definition) is 4. The molecule has 0 radical (unpaired) electrons. The minimum atomic E-state index is -4.21. The Bertz CT molecular complexity index is 556. The maximum Gasteiger partial charge on any atom is 0.389 e. The smallest absolute Gasteiger partial charge is 0.271 e. The van der Waals surface area contributed by atoms with Crippen LogP contribution in [0.2, 0.25) is 0 Å². The molecule has 1 aromatic heterocycles. The molecule has 4 nitrogen and oxygen atoms in total. The van der Waals surface area contributed by atoms with Crippen LogP contribution in [0.25, 0.3) is 11.0 Å². The van der Waals surface area contributed by atoms with Crippen LogP contribution >= 0.6 is 0 Å². The van der Waals surface area contributed by atoms with Gasteiger partial charge in [0, 0.05) is 6.42 Å². The third-order valence-corrected chi connectivity index (χ3v) is 2.74. The lowest BCUT2D eigenvalue weighted by Gasteiger charge is -2.16. The first-order valence-corrected chi connectivity index (χ1v) is 5.74. The van der Waals surface area contributed by atoms with Crippen molar-refractivity contribution >= 4 is 11.0 Å². The summed E-state index contributed by atoms with van der Waals surface area (Å²) in [6, 6.07) is 6.48. The van der Waals surface area contributed by atoms with Crippen LogP contribution in [0, 0.1) is 0 Å². The number of hydrazine groups is 1. The van der Waals surface area contributed by atoms with Gasteiger partial charge in [-0.25, -0.2) is 4.98 Å². The molecule has 7 heteroatoms. The largest absolute Gasteiger partial charge is 0.389 e. The van der Waals surface area contributed by atoms with Crippen molar-refractivity contribution in [1.82, 2.24) is 15.4 Å². The van der Waals surface area contributed by atoms with Crippen LogP contribution in [-0.4, -0.2) is 16.1 Å². The zero-order valence-electron chi connectivity index (χ0n) is 9.98. The number of halogens is 3. The first-order valence-electron chi connectivity index (χ1n) is 5.74. The number of rotatable bonds is 4. The molecule has 1 atom stereocenters.